The van der Waals surface area contributed by atoms with Crippen LogP contribution in [0.5, 0.6) is 0 Å². The molecular weight excluding hydrogens is 252 g/mol. The van der Waals surface area contributed by atoms with Crippen molar-refractivity contribution < 1.29 is 4.92 Å². The molecular formula is C16H12N2O2. The van der Waals surface area contributed by atoms with Crippen molar-refractivity contribution in [3.63, 3.8) is 0 Å². The summed E-state index contributed by atoms with van der Waals surface area (Å²) in [6.07, 6.45) is 5.83. The average molecular weight is 264 g/mol. The Hall–Kier alpha value is -2.88. The normalized spacial score (nSPS) is 14.7. The van der Waals surface area contributed by atoms with Gasteiger partial charge in [0.25, 0.3) is 5.69 Å². The van der Waals surface area contributed by atoms with Gasteiger partial charge in [0.2, 0.25) is 0 Å². The quantitative estimate of drug-likeness (QED) is 0.657. The Balaban J connectivity index is 1.91. The maximum Gasteiger partial charge on any atom is 0.270 e. The number of rotatable bonds is 2. The molecule has 0 amide bonds. The molecule has 2 aromatic carbocycles. The van der Waals surface area contributed by atoms with E-state index < -0.39 is 0 Å². The van der Waals surface area contributed by atoms with E-state index in [4.69, 9.17) is 0 Å². The molecule has 1 N–H and O–H groups in total. The highest BCUT2D eigenvalue weighted by atomic mass is 16.6. The van der Waals surface area contributed by atoms with Gasteiger partial charge in [-0.05, 0) is 23.8 Å². The molecule has 0 saturated heterocycles. The molecule has 0 saturated carbocycles. The highest BCUT2D eigenvalue weighted by molar-refractivity contribution is 5.79. The zero-order chi connectivity index (χ0) is 13.9. The molecule has 1 heterocycles. The Morgan fingerprint density at radius 2 is 1.85 bits per heavy atom. The first-order valence-corrected chi connectivity index (χ1v) is 6.23. The number of benzene rings is 2. The number of nitrogens with one attached hydrogen (secondary N) is 1. The maximum absolute atomic E-state index is 10.7. The predicted octanol–water partition coefficient (Wildman–Crippen LogP) is 4.07. The first-order chi connectivity index (χ1) is 9.72. The van der Waals surface area contributed by atoms with Crippen LogP contribution in [0.25, 0.3) is 12.2 Å². The lowest BCUT2D eigenvalue weighted by Gasteiger charge is -2.15. The SMILES string of the molecule is O=[N+]([O-])c1ccc2c(c1)C=CC(=Cc1ccccc1)N2. The second kappa shape index (κ2) is 5.01. The van der Waals surface area contributed by atoms with E-state index in [-0.39, 0.29) is 10.6 Å². The van der Waals surface area contributed by atoms with Gasteiger partial charge in [0.05, 0.1) is 4.92 Å². The van der Waals surface area contributed by atoms with Crippen LogP contribution in [0.4, 0.5) is 11.4 Å². The molecule has 1 aliphatic heterocycles. The lowest BCUT2D eigenvalue weighted by Crippen LogP contribution is -2.03. The molecule has 3 rings (SSSR count). The number of non-ortho nitro benzene ring substituents is 1. The molecule has 98 valence electrons. The maximum atomic E-state index is 10.7. The van der Waals surface area contributed by atoms with Gasteiger partial charge in [0.15, 0.2) is 0 Å². The van der Waals surface area contributed by atoms with E-state index in [0.717, 1.165) is 22.5 Å². The number of fused-ring (bicyclic) bond motifs is 1. The van der Waals surface area contributed by atoms with E-state index in [1.54, 1.807) is 12.1 Å². The number of nitrogens with zero attached hydrogens (tertiary/aromatic N) is 1. The zero-order valence-corrected chi connectivity index (χ0v) is 10.6. The summed E-state index contributed by atoms with van der Waals surface area (Å²) in [6, 6.07) is 14.8. The number of hydrogen-bond donors (Lipinski definition) is 1. The van der Waals surface area contributed by atoms with Crippen LogP contribution < -0.4 is 5.32 Å². The van der Waals surface area contributed by atoms with Crippen LogP contribution >= 0.6 is 0 Å². The Morgan fingerprint density at radius 1 is 1.05 bits per heavy atom. The topological polar surface area (TPSA) is 55.2 Å². The smallest absolute Gasteiger partial charge is 0.270 e. The highest BCUT2D eigenvalue weighted by Crippen LogP contribution is 2.28. The lowest BCUT2D eigenvalue weighted by atomic mass is 10.1. The van der Waals surface area contributed by atoms with Gasteiger partial charge in [-0.3, -0.25) is 10.1 Å². The molecule has 0 radical (unpaired) electrons. The molecule has 0 aromatic heterocycles. The standard InChI is InChI=1S/C16H12N2O2/c19-18(20)15-8-9-16-13(11-15)6-7-14(17-16)10-12-4-2-1-3-5-12/h1-11,17H. The first-order valence-electron chi connectivity index (χ1n) is 6.23. The molecule has 0 fully saturated rings. The van der Waals surface area contributed by atoms with E-state index >= 15 is 0 Å². The summed E-state index contributed by atoms with van der Waals surface area (Å²) in [4.78, 5) is 10.4. The third-order valence-electron chi connectivity index (χ3n) is 3.09. The van der Waals surface area contributed by atoms with E-state index in [0.29, 0.717) is 0 Å². The molecule has 0 bridgehead atoms. The van der Waals surface area contributed by atoms with Crippen molar-refractivity contribution in [2.24, 2.45) is 0 Å². The third-order valence-corrected chi connectivity index (χ3v) is 3.09. The number of nitro benzene ring substituents is 1. The molecule has 0 unspecified atom stereocenters. The van der Waals surface area contributed by atoms with Crippen molar-refractivity contribution >= 4 is 23.5 Å². The largest absolute Gasteiger partial charge is 0.355 e. The zero-order valence-electron chi connectivity index (χ0n) is 10.6. The van der Waals surface area contributed by atoms with Crippen LogP contribution in [0, 0.1) is 10.1 Å². The summed E-state index contributed by atoms with van der Waals surface area (Å²) in [7, 11) is 0. The Kier molecular flexibility index (Phi) is 3.05. The molecule has 20 heavy (non-hydrogen) atoms. The second-order valence-electron chi connectivity index (χ2n) is 4.50. The number of allylic oxidation sites excluding steroid dienone is 1. The van der Waals surface area contributed by atoms with Crippen LogP contribution in [-0.4, -0.2) is 4.92 Å². The summed E-state index contributed by atoms with van der Waals surface area (Å²) in [5.41, 5.74) is 3.86. The van der Waals surface area contributed by atoms with Gasteiger partial charge in [-0.15, -0.1) is 0 Å². The Labute approximate surface area is 116 Å². The first kappa shape index (κ1) is 12.2. The number of anilines is 1. The fourth-order valence-electron chi connectivity index (χ4n) is 2.11. The minimum absolute atomic E-state index is 0.102. The van der Waals surface area contributed by atoms with Gasteiger partial charge >= 0.3 is 0 Å². The third kappa shape index (κ3) is 2.44. The molecule has 0 spiro atoms. The van der Waals surface area contributed by atoms with Gasteiger partial charge in [0, 0.05) is 29.1 Å². The van der Waals surface area contributed by atoms with E-state index in [1.807, 2.05) is 48.6 Å². The Bertz CT molecular complexity index is 719. The number of hydrogen-bond acceptors (Lipinski definition) is 3. The number of nitro groups is 1. The van der Waals surface area contributed by atoms with Crippen molar-refractivity contribution in [2.75, 3.05) is 5.32 Å². The summed E-state index contributed by atoms with van der Waals surface area (Å²) in [5, 5.41) is 14.0. The van der Waals surface area contributed by atoms with Crippen molar-refractivity contribution in [2.45, 2.75) is 0 Å². The predicted molar refractivity (Wildman–Crippen MR) is 80.2 cm³/mol. The van der Waals surface area contributed by atoms with Gasteiger partial charge < -0.3 is 5.32 Å². The fraction of sp³-hybridized carbons (Fsp3) is 0. The average Bonchev–Trinajstić information content (AvgIpc) is 2.47. The van der Waals surface area contributed by atoms with E-state index in [2.05, 4.69) is 5.32 Å². The minimum atomic E-state index is -0.385. The molecule has 4 nitrogen and oxygen atoms in total. The van der Waals surface area contributed by atoms with Gasteiger partial charge in [-0.25, -0.2) is 0 Å². The fourth-order valence-corrected chi connectivity index (χ4v) is 2.11. The van der Waals surface area contributed by atoms with Gasteiger partial charge in [0.1, 0.15) is 0 Å². The van der Waals surface area contributed by atoms with Crippen molar-refractivity contribution in [1.29, 1.82) is 0 Å². The minimum Gasteiger partial charge on any atom is -0.355 e. The molecule has 0 atom stereocenters. The summed E-state index contributed by atoms with van der Waals surface area (Å²) in [5.74, 6) is 0. The highest BCUT2D eigenvalue weighted by Gasteiger charge is 2.12. The van der Waals surface area contributed by atoms with Crippen LogP contribution in [0.1, 0.15) is 11.1 Å². The van der Waals surface area contributed by atoms with Crippen LogP contribution in [-0.2, 0) is 0 Å². The van der Waals surface area contributed by atoms with Crippen molar-refractivity contribution in [3.8, 4) is 0 Å². The van der Waals surface area contributed by atoms with Gasteiger partial charge in [-0.1, -0.05) is 36.4 Å². The van der Waals surface area contributed by atoms with Gasteiger partial charge in [-0.2, -0.15) is 0 Å². The van der Waals surface area contributed by atoms with Crippen molar-refractivity contribution in [1.82, 2.24) is 0 Å². The lowest BCUT2D eigenvalue weighted by molar-refractivity contribution is -0.384. The van der Waals surface area contributed by atoms with E-state index in [9.17, 15) is 10.1 Å². The second-order valence-corrected chi connectivity index (χ2v) is 4.50. The Morgan fingerprint density at radius 3 is 2.60 bits per heavy atom. The monoisotopic (exact) mass is 264 g/mol. The van der Waals surface area contributed by atoms with Crippen LogP contribution in [0.3, 0.4) is 0 Å². The molecule has 4 heteroatoms. The summed E-state index contributed by atoms with van der Waals surface area (Å²) >= 11 is 0. The van der Waals surface area contributed by atoms with Crippen LogP contribution in [0.15, 0.2) is 60.3 Å². The molecule has 0 aliphatic carbocycles. The summed E-state index contributed by atoms with van der Waals surface area (Å²) in [6.45, 7) is 0. The van der Waals surface area contributed by atoms with E-state index in [1.165, 1.54) is 6.07 Å². The van der Waals surface area contributed by atoms with Crippen LogP contribution in [0.2, 0.25) is 0 Å². The summed E-state index contributed by atoms with van der Waals surface area (Å²) < 4.78 is 0. The van der Waals surface area contributed by atoms with Crippen molar-refractivity contribution in [3.05, 3.63) is 81.5 Å². The molecule has 1 aliphatic rings. The molecule has 2 aromatic rings.